The van der Waals surface area contributed by atoms with Gasteiger partial charge in [0.1, 0.15) is 17.6 Å². The van der Waals surface area contributed by atoms with E-state index in [9.17, 15) is 5.11 Å². The first-order valence-corrected chi connectivity index (χ1v) is 6.03. The summed E-state index contributed by atoms with van der Waals surface area (Å²) >= 11 is 0. The Morgan fingerprint density at radius 1 is 1.41 bits per heavy atom. The molecule has 2 rings (SSSR count). The van der Waals surface area contributed by atoms with Gasteiger partial charge in [-0.1, -0.05) is 18.9 Å². The minimum absolute atomic E-state index is 0.0606. The van der Waals surface area contributed by atoms with E-state index in [1.54, 1.807) is 0 Å². The van der Waals surface area contributed by atoms with Gasteiger partial charge in [0.2, 0.25) is 0 Å². The maximum absolute atomic E-state index is 9.86. The third kappa shape index (κ3) is 2.75. The molecule has 90 valence electrons. The fourth-order valence-corrected chi connectivity index (χ4v) is 2.19. The van der Waals surface area contributed by atoms with Crippen LogP contribution in [0.3, 0.4) is 0 Å². The maximum atomic E-state index is 9.86. The highest BCUT2D eigenvalue weighted by atomic mass is 16.3. The lowest BCUT2D eigenvalue weighted by atomic mass is 9.92. The highest BCUT2D eigenvalue weighted by molar-refractivity contribution is 5.43. The van der Waals surface area contributed by atoms with E-state index in [1.807, 2.05) is 19.1 Å². The molecule has 1 heterocycles. The third-order valence-electron chi connectivity index (χ3n) is 3.27. The second-order valence-electron chi connectivity index (χ2n) is 4.58. The fraction of sp³-hybridized carbons (Fsp3) is 0.538. The van der Waals surface area contributed by atoms with Crippen molar-refractivity contribution in [3.8, 4) is 6.07 Å². The smallest absolute Gasteiger partial charge is 0.145 e. The number of aliphatic hydroxyl groups excluding tert-OH is 1. The van der Waals surface area contributed by atoms with E-state index < -0.39 is 0 Å². The average Bonchev–Trinajstić information content (AvgIpc) is 2.34. The molecule has 2 atom stereocenters. The van der Waals surface area contributed by atoms with Gasteiger partial charge in [0.05, 0.1) is 12.1 Å². The Morgan fingerprint density at radius 3 is 2.88 bits per heavy atom. The summed E-state index contributed by atoms with van der Waals surface area (Å²) in [4.78, 5) is 4.24. The van der Waals surface area contributed by atoms with Crippen molar-refractivity contribution < 1.29 is 5.11 Å². The summed E-state index contributed by atoms with van der Waals surface area (Å²) in [5, 5.41) is 22.0. The lowest BCUT2D eigenvalue weighted by Crippen LogP contribution is -2.36. The summed E-state index contributed by atoms with van der Waals surface area (Å²) in [5.41, 5.74) is 1.32. The molecule has 1 aliphatic rings. The molecule has 0 saturated heterocycles. The predicted molar refractivity (Wildman–Crippen MR) is 65.6 cm³/mol. The van der Waals surface area contributed by atoms with Crippen molar-refractivity contribution in [1.29, 1.82) is 5.26 Å². The largest absolute Gasteiger partial charge is 0.391 e. The maximum Gasteiger partial charge on any atom is 0.145 e. The van der Waals surface area contributed by atoms with Gasteiger partial charge in [-0.15, -0.1) is 0 Å². The molecule has 17 heavy (non-hydrogen) atoms. The number of nitrogens with one attached hydrogen (secondary N) is 1. The van der Waals surface area contributed by atoms with E-state index in [-0.39, 0.29) is 12.1 Å². The van der Waals surface area contributed by atoms with Crippen LogP contribution in [0.25, 0.3) is 0 Å². The van der Waals surface area contributed by atoms with Crippen LogP contribution in [0.5, 0.6) is 0 Å². The molecule has 1 saturated carbocycles. The lowest BCUT2D eigenvalue weighted by molar-refractivity contribution is 0.116. The summed E-state index contributed by atoms with van der Waals surface area (Å²) in [6.07, 6.45) is 3.71. The Morgan fingerprint density at radius 2 is 2.18 bits per heavy atom. The minimum Gasteiger partial charge on any atom is -0.391 e. The van der Waals surface area contributed by atoms with Crippen LogP contribution in [0.4, 0.5) is 5.82 Å². The minimum atomic E-state index is -0.308. The van der Waals surface area contributed by atoms with Gasteiger partial charge >= 0.3 is 0 Å². The zero-order chi connectivity index (χ0) is 12.3. The SMILES string of the molecule is Cc1ccc(NC2CCCCC2O)nc1C#N. The number of nitrogens with zero attached hydrogens (tertiary/aromatic N) is 2. The number of pyridine rings is 1. The topological polar surface area (TPSA) is 68.9 Å². The van der Waals surface area contributed by atoms with Gasteiger partial charge in [0, 0.05) is 0 Å². The van der Waals surface area contributed by atoms with Crippen molar-refractivity contribution in [2.75, 3.05) is 5.32 Å². The molecule has 4 heteroatoms. The number of aryl methyl sites for hydroxylation is 1. The second kappa shape index (κ2) is 5.15. The molecule has 2 unspecified atom stereocenters. The predicted octanol–water partition coefficient (Wildman–Crippen LogP) is 1.98. The van der Waals surface area contributed by atoms with Crippen molar-refractivity contribution in [3.63, 3.8) is 0 Å². The van der Waals surface area contributed by atoms with Gasteiger partial charge in [0.15, 0.2) is 0 Å². The van der Waals surface area contributed by atoms with Crippen molar-refractivity contribution in [2.45, 2.75) is 44.8 Å². The van der Waals surface area contributed by atoms with Crippen LogP contribution >= 0.6 is 0 Å². The fourth-order valence-electron chi connectivity index (χ4n) is 2.19. The molecule has 0 aliphatic heterocycles. The quantitative estimate of drug-likeness (QED) is 0.816. The van der Waals surface area contributed by atoms with E-state index in [2.05, 4.69) is 16.4 Å². The second-order valence-corrected chi connectivity index (χ2v) is 4.58. The molecule has 0 bridgehead atoms. The molecular formula is C13H17N3O. The lowest BCUT2D eigenvalue weighted by Gasteiger charge is -2.28. The first kappa shape index (κ1) is 11.9. The number of aliphatic hydroxyl groups is 1. The van der Waals surface area contributed by atoms with Crippen LogP contribution < -0.4 is 5.32 Å². The Balaban J connectivity index is 2.10. The monoisotopic (exact) mass is 231 g/mol. The zero-order valence-electron chi connectivity index (χ0n) is 9.98. The van der Waals surface area contributed by atoms with Crippen LogP contribution in [-0.2, 0) is 0 Å². The molecule has 2 N–H and O–H groups in total. The van der Waals surface area contributed by atoms with Crippen molar-refractivity contribution in [2.24, 2.45) is 0 Å². The molecule has 1 aliphatic carbocycles. The summed E-state index contributed by atoms with van der Waals surface area (Å²) < 4.78 is 0. The van der Waals surface area contributed by atoms with E-state index in [0.717, 1.165) is 31.2 Å². The summed E-state index contributed by atoms with van der Waals surface area (Å²) in [5.74, 6) is 0.679. The van der Waals surface area contributed by atoms with Crippen LogP contribution in [0.15, 0.2) is 12.1 Å². The van der Waals surface area contributed by atoms with E-state index in [1.165, 1.54) is 0 Å². The van der Waals surface area contributed by atoms with Crippen LogP contribution in [0.1, 0.15) is 36.9 Å². The number of rotatable bonds is 2. The van der Waals surface area contributed by atoms with Crippen molar-refractivity contribution in [1.82, 2.24) is 4.98 Å². The van der Waals surface area contributed by atoms with Gasteiger partial charge < -0.3 is 10.4 Å². The van der Waals surface area contributed by atoms with Gasteiger partial charge in [-0.3, -0.25) is 0 Å². The first-order valence-electron chi connectivity index (χ1n) is 6.03. The van der Waals surface area contributed by atoms with Crippen molar-refractivity contribution >= 4 is 5.82 Å². The van der Waals surface area contributed by atoms with Gasteiger partial charge in [0.25, 0.3) is 0 Å². The van der Waals surface area contributed by atoms with Crippen LogP contribution in [0.2, 0.25) is 0 Å². The van der Waals surface area contributed by atoms with E-state index >= 15 is 0 Å². The van der Waals surface area contributed by atoms with Crippen molar-refractivity contribution in [3.05, 3.63) is 23.4 Å². The Bertz CT molecular complexity index is 439. The highest BCUT2D eigenvalue weighted by Gasteiger charge is 2.23. The summed E-state index contributed by atoms with van der Waals surface area (Å²) in [6.45, 7) is 1.87. The number of hydrogen-bond donors (Lipinski definition) is 2. The number of hydrogen-bond acceptors (Lipinski definition) is 4. The van der Waals surface area contributed by atoms with Gasteiger partial charge in [-0.05, 0) is 31.4 Å². The van der Waals surface area contributed by atoms with Crippen LogP contribution in [0, 0.1) is 18.3 Å². The van der Waals surface area contributed by atoms with E-state index in [4.69, 9.17) is 5.26 Å². The first-order chi connectivity index (χ1) is 8.20. The Kier molecular flexibility index (Phi) is 3.60. The molecular weight excluding hydrogens is 214 g/mol. The molecule has 0 radical (unpaired) electrons. The summed E-state index contributed by atoms with van der Waals surface area (Å²) in [7, 11) is 0. The average molecular weight is 231 g/mol. The Labute approximate surface area is 101 Å². The molecule has 0 spiro atoms. The normalized spacial score (nSPS) is 24.1. The molecule has 1 aromatic heterocycles. The third-order valence-corrected chi connectivity index (χ3v) is 3.27. The molecule has 0 amide bonds. The van der Waals surface area contributed by atoms with Gasteiger partial charge in [-0.2, -0.15) is 5.26 Å². The zero-order valence-corrected chi connectivity index (χ0v) is 9.98. The number of anilines is 1. The summed E-state index contributed by atoms with van der Waals surface area (Å²) in [6, 6.07) is 5.87. The highest BCUT2D eigenvalue weighted by Crippen LogP contribution is 2.21. The number of aromatic nitrogens is 1. The number of nitriles is 1. The Hall–Kier alpha value is -1.60. The van der Waals surface area contributed by atoms with Gasteiger partial charge in [-0.25, -0.2) is 4.98 Å². The molecule has 0 aromatic carbocycles. The van der Waals surface area contributed by atoms with E-state index in [0.29, 0.717) is 11.5 Å². The standard InChI is InChI=1S/C13H17N3O/c1-9-6-7-13(16-11(9)8-14)15-10-4-2-3-5-12(10)17/h6-7,10,12,17H,2-5H2,1H3,(H,15,16). The van der Waals surface area contributed by atoms with Crippen LogP contribution in [-0.4, -0.2) is 22.2 Å². The molecule has 1 fully saturated rings. The molecule has 4 nitrogen and oxygen atoms in total. The molecule has 1 aromatic rings.